The molecule has 1 aromatic carbocycles. The minimum atomic E-state index is -0.00921. The molecule has 0 saturated carbocycles. The first-order chi connectivity index (χ1) is 9.65. The maximum Gasteiger partial charge on any atom is 0.239 e. The number of hydrogen-bond donors (Lipinski definition) is 2. The molecule has 1 rings (SSSR count). The van der Waals surface area contributed by atoms with Crippen molar-refractivity contribution in [2.75, 3.05) is 32.2 Å². The first kappa shape index (κ1) is 16.3. The zero-order valence-electron chi connectivity index (χ0n) is 12.4. The number of anilines is 1. The van der Waals surface area contributed by atoms with Crippen molar-refractivity contribution < 1.29 is 14.3 Å². The molecule has 0 heterocycles. The number of amides is 1. The van der Waals surface area contributed by atoms with Gasteiger partial charge in [-0.1, -0.05) is 13.0 Å². The third kappa shape index (κ3) is 6.43. The Morgan fingerprint density at radius 1 is 1.35 bits per heavy atom. The van der Waals surface area contributed by atoms with E-state index < -0.39 is 0 Å². The second kappa shape index (κ2) is 9.20. The van der Waals surface area contributed by atoms with Crippen LogP contribution >= 0.6 is 0 Å². The van der Waals surface area contributed by atoms with Crippen LogP contribution in [-0.4, -0.2) is 38.8 Å². The molecule has 0 radical (unpaired) electrons. The Labute approximate surface area is 120 Å². The van der Waals surface area contributed by atoms with Gasteiger partial charge in [0.15, 0.2) is 0 Å². The molecule has 20 heavy (non-hydrogen) atoms. The summed E-state index contributed by atoms with van der Waals surface area (Å²) in [6, 6.07) is 7.73. The standard InChI is InChI=1S/C15H24N2O3/c1-4-12(2)17-15(18)11-16-13-6-5-7-14(10-13)20-9-8-19-3/h5-7,10,12,16H,4,8-9,11H2,1-3H3,(H,17,18). The van der Waals surface area contributed by atoms with E-state index in [2.05, 4.69) is 10.6 Å². The number of hydrogen-bond acceptors (Lipinski definition) is 4. The summed E-state index contributed by atoms with van der Waals surface area (Å²) in [6.07, 6.45) is 0.925. The van der Waals surface area contributed by atoms with E-state index in [1.54, 1.807) is 7.11 Å². The van der Waals surface area contributed by atoms with Gasteiger partial charge in [-0.05, 0) is 25.5 Å². The Kier molecular flexibility index (Phi) is 7.50. The van der Waals surface area contributed by atoms with Crippen molar-refractivity contribution in [3.63, 3.8) is 0 Å². The summed E-state index contributed by atoms with van der Waals surface area (Å²) in [5.41, 5.74) is 0.860. The van der Waals surface area contributed by atoms with E-state index >= 15 is 0 Å². The fraction of sp³-hybridized carbons (Fsp3) is 0.533. The zero-order valence-corrected chi connectivity index (χ0v) is 12.4. The predicted octanol–water partition coefficient (Wildman–Crippen LogP) is 2.04. The van der Waals surface area contributed by atoms with E-state index in [1.165, 1.54) is 0 Å². The lowest BCUT2D eigenvalue weighted by Gasteiger charge is -2.13. The number of carbonyl (C=O) groups excluding carboxylic acids is 1. The quantitative estimate of drug-likeness (QED) is 0.680. The second-order valence-electron chi connectivity index (χ2n) is 4.60. The maximum atomic E-state index is 11.7. The highest BCUT2D eigenvalue weighted by atomic mass is 16.5. The van der Waals surface area contributed by atoms with Crippen LogP contribution in [0.15, 0.2) is 24.3 Å². The molecule has 1 amide bonds. The molecule has 1 aromatic rings. The first-order valence-electron chi connectivity index (χ1n) is 6.90. The van der Waals surface area contributed by atoms with Crippen LogP contribution in [-0.2, 0) is 9.53 Å². The SMILES string of the molecule is CCC(C)NC(=O)CNc1cccc(OCCOC)c1. The van der Waals surface area contributed by atoms with E-state index in [4.69, 9.17) is 9.47 Å². The molecule has 0 fully saturated rings. The molecule has 0 aliphatic rings. The van der Waals surface area contributed by atoms with E-state index in [9.17, 15) is 4.79 Å². The number of ether oxygens (including phenoxy) is 2. The second-order valence-corrected chi connectivity index (χ2v) is 4.60. The third-order valence-corrected chi connectivity index (χ3v) is 2.86. The number of rotatable bonds is 9. The third-order valence-electron chi connectivity index (χ3n) is 2.86. The lowest BCUT2D eigenvalue weighted by atomic mass is 10.2. The highest BCUT2D eigenvalue weighted by Crippen LogP contribution is 2.16. The molecule has 0 spiro atoms. The minimum Gasteiger partial charge on any atom is -0.491 e. The molecule has 112 valence electrons. The average Bonchev–Trinajstić information content (AvgIpc) is 2.46. The summed E-state index contributed by atoms with van der Waals surface area (Å²) in [7, 11) is 1.64. The van der Waals surface area contributed by atoms with Gasteiger partial charge in [0.25, 0.3) is 0 Å². The Morgan fingerprint density at radius 2 is 2.15 bits per heavy atom. The predicted molar refractivity (Wildman–Crippen MR) is 80.2 cm³/mol. The van der Waals surface area contributed by atoms with Gasteiger partial charge in [0.05, 0.1) is 13.2 Å². The molecule has 0 saturated heterocycles. The molecule has 0 aliphatic carbocycles. The van der Waals surface area contributed by atoms with Crippen LogP contribution in [0.5, 0.6) is 5.75 Å². The maximum absolute atomic E-state index is 11.7. The fourth-order valence-corrected chi connectivity index (χ4v) is 1.55. The first-order valence-corrected chi connectivity index (χ1v) is 6.90. The van der Waals surface area contributed by atoms with Gasteiger partial charge in [0.1, 0.15) is 12.4 Å². The largest absolute Gasteiger partial charge is 0.491 e. The summed E-state index contributed by atoms with van der Waals surface area (Å²) in [6.45, 7) is 5.34. The van der Waals surface area contributed by atoms with Crippen LogP contribution in [0.4, 0.5) is 5.69 Å². The Bertz CT molecular complexity index is 410. The number of benzene rings is 1. The minimum absolute atomic E-state index is 0.00921. The molecule has 5 heteroatoms. The van der Waals surface area contributed by atoms with Crippen molar-refractivity contribution in [2.24, 2.45) is 0 Å². The number of carbonyl (C=O) groups is 1. The van der Waals surface area contributed by atoms with Crippen LogP contribution < -0.4 is 15.4 Å². The molecule has 2 N–H and O–H groups in total. The smallest absolute Gasteiger partial charge is 0.239 e. The Hall–Kier alpha value is -1.75. The van der Waals surface area contributed by atoms with Gasteiger partial charge >= 0.3 is 0 Å². The molecule has 1 unspecified atom stereocenters. The Balaban J connectivity index is 2.39. The van der Waals surface area contributed by atoms with Crippen LogP contribution in [0, 0.1) is 0 Å². The van der Waals surface area contributed by atoms with Crippen molar-refractivity contribution >= 4 is 11.6 Å². The summed E-state index contributed by atoms with van der Waals surface area (Å²) in [5, 5.41) is 5.99. The van der Waals surface area contributed by atoms with Gasteiger partial charge in [-0.3, -0.25) is 4.79 Å². The van der Waals surface area contributed by atoms with Gasteiger partial charge < -0.3 is 20.1 Å². The molecule has 1 atom stereocenters. The molecule has 5 nitrogen and oxygen atoms in total. The van der Waals surface area contributed by atoms with Crippen LogP contribution in [0.2, 0.25) is 0 Å². The lowest BCUT2D eigenvalue weighted by molar-refractivity contribution is -0.120. The fourth-order valence-electron chi connectivity index (χ4n) is 1.55. The van der Waals surface area contributed by atoms with Crippen molar-refractivity contribution in [2.45, 2.75) is 26.3 Å². The van der Waals surface area contributed by atoms with Crippen molar-refractivity contribution in [1.29, 1.82) is 0 Å². The summed E-state index contributed by atoms with van der Waals surface area (Å²) < 4.78 is 10.4. The molecule has 0 aliphatic heterocycles. The number of methoxy groups -OCH3 is 1. The van der Waals surface area contributed by atoms with E-state index in [0.717, 1.165) is 17.9 Å². The molecule has 0 bridgehead atoms. The summed E-state index contributed by atoms with van der Waals surface area (Å²) >= 11 is 0. The van der Waals surface area contributed by atoms with Crippen LogP contribution in [0.3, 0.4) is 0 Å². The van der Waals surface area contributed by atoms with Gasteiger partial charge in [-0.15, -0.1) is 0 Å². The van der Waals surface area contributed by atoms with Gasteiger partial charge in [0, 0.05) is 24.9 Å². The van der Waals surface area contributed by atoms with Crippen LogP contribution in [0.1, 0.15) is 20.3 Å². The molecule has 0 aromatic heterocycles. The van der Waals surface area contributed by atoms with Gasteiger partial charge in [-0.2, -0.15) is 0 Å². The summed E-state index contributed by atoms with van der Waals surface area (Å²) in [5.74, 6) is 0.749. The monoisotopic (exact) mass is 280 g/mol. The van der Waals surface area contributed by atoms with E-state index in [0.29, 0.717) is 13.2 Å². The molecular formula is C15H24N2O3. The lowest BCUT2D eigenvalue weighted by Crippen LogP contribution is -2.36. The highest BCUT2D eigenvalue weighted by molar-refractivity contribution is 5.81. The van der Waals surface area contributed by atoms with Gasteiger partial charge in [0.2, 0.25) is 5.91 Å². The highest BCUT2D eigenvalue weighted by Gasteiger charge is 2.05. The van der Waals surface area contributed by atoms with E-state index in [1.807, 2.05) is 38.1 Å². The summed E-state index contributed by atoms with van der Waals surface area (Å²) in [4.78, 5) is 11.7. The van der Waals surface area contributed by atoms with E-state index in [-0.39, 0.29) is 18.5 Å². The van der Waals surface area contributed by atoms with Crippen molar-refractivity contribution in [1.82, 2.24) is 5.32 Å². The van der Waals surface area contributed by atoms with Crippen LogP contribution in [0.25, 0.3) is 0 Å². The Morgan fingerprint density at radius 3 is 2.85 bits per heavy atom. The van der Waals surface area contributed by atoms with Gasteiger partial charge in [-0.25, -0.2) is 0 Å². The normalized spacial score (nSPS) is 11.8. The zero-order chi connectivity index (χ0) is 14.8. The average molecular weight is 280 g/mol. The molecular weight excluding hydrogens is 256 g/mol. The van der Waals surface area contributed by atoms with Crippen molar-refractivity contribution in [3.8, 4) is 5.75 Å². The topological polar surface area (TPSA) is 59.6 Å². The number of nitrogens with one attached hydrogen (secondary N) is 2. The van der Waals surface area contributed by atoms with Crippen molar-refractivity contribution in [3.05, 3.63) is 24.3 Å².